The van der Waals surface area contributed by atoms with Crippen LogP contribution in [0, 0.1) is 34.0 Å². The zero-order valence-electron chi connectivity index (χ0n) is 22.7. The molecule has 0 spiro atoms. The van der Waals surface area contributed by atoms with E-state index >= 15 is 0 Å². The fourth-order valence-electron chi connectivity index (χ4n) is 6.56. The van der Waals surface area contributed by atoms with Gasteiger partial charge in [0.05, 0.1) is 22.8 Å². The number of rotatable bonds is 2. The summed E-state index contributed by atoms with van der Waals surface area (Å²) in [6.07, 6.45) is 0. The summed E-state index contributed by atoms with van der Waals surface area (Å²) in [5, 5.41) is 33.4. The molecule has 0 amide bonds. The summed E-state index contributed by atoms with van der Waals surface area (Å²) < 4.78 is 0. The minimum atomic E-state index is -0.306. The Morgan fingerprint density at radius 2 is 1.02 bits per heavy atom. The van der Waals surface area contributed by atoms with E-state index in [4.69, 9.17) is 0 Å². The summed E-state index contributed by atoms with van der Waals surface area (Å²) in [4.78, 5) is 0. The number of hydrogen-bond acceptors (Lipinski definition) is 3. The van der Waals surface area contributed by atoms with Crippen LogP contribution in [-0.4, -0.2) is 0 Å². The largest absolute Gasteiger partial charge is 0.192 e. The molecule has 1 aliphatic rings. The standard InChI is InChI=1S/C38H23N3/c1-38(2)34-18-32(24-9-7-8-23(16-24)20-39)28-10-3-5-12-30(28)36(34)37-31-13-6-4-11-29(31)33(19-35(37)38)25-14-15-26(21-40)27(17-25)22-41/h3-19H,1-2H3. The van der Waals surface area contributed by atoms with Crippen LogP contribution in [0.3, 0.4) is 0 Å². The molecule has 0 heterocycles. The predicted molar refractivity (Wildman–Crippen MR) is 164 cm³/mol. The molecule has 0 saturated heterocycles. The van der Waals surface area contributed by atoms with Gasteiger partial charge in [0, 0.05) is 5.41 Å². The molecular weight excluding hydrogens is 498 g/mol. The lowest BCUT2D eigenvalue weighted by Gasteiger charge is -2.24. The molecular formula is C38H23N3. The normalized spacial score (nSPS) is 12.8. The molecule has 7 rings (SSSR count). The Balaban J connectivity index is 1.58. The maximum atomic E-state index is 9.73. The molecule has 0 unspecified atom stereocenters. The highest BCUT2D eigenvalue weighted by Gasteiger charge is 2.39. The van der Waals surface area contributed by atoms with Crippen LogP contribution in [0.1, 0.15) is 41.7 Å². The summed E-state index contributed by atoms with van der Waals surface area (Å²) in [6.45, 7) is 4.56. The molecule has 3 heteroatoms. The molecule has 0 atom stereocenters. The van der Waals surface area contributed by atoms with Crippen LogP contribution >= 0.6 is 0 Å². The van der Waals surface area contributed by atoms with Crippen molar-refractivity contribution < 1.29 is 0 Å². The number of hydrogen-bond donors (Lipinski definition) is 0. The van der Waals surface area contributed by atoms with Crippen molar-refractivity contribution in [3.63, 3.8) is 0 Å². The zero-order valence-corrected chi connectivity index (χ0v) is 22.7. The maximum Gasteiger partial charge on any atom is 0.101 e. The lowest BCUT2D eigenvalue weighted by molar-refractivity contribution is 0.661. The third-order valence-electron chi connectivity index (χ3n) is 8.56. The number of benzene rings is 6. The third-order valence-corrected chi connectivity index (χ3v) is 8.56. The molecule has 1 aliphatic carbocycles. The monoisotopic (exact) mass is 521 g/mol. The van der Waals surface area contributed by atoms with E-state index in [1.165, 1.54) is 33.0 Å². The Labute approximate surface area is 238 Å². The number of nitriles is 3. The van der Waals surface area contributed by atoms with Crippen molar-refractivity contribution in [3.8, 4) is 51.6 Å². The van der Waals surface area contributed by atoms with Crippen LogP contribution in [0.15, 0.2) is 103 Å². The van der Waals surface area contributed by atoms with Gasteiger partial charge in [0.15, 0.2) is 0 Å². The summed E-state index contributed by atoms with van der Waals surface area (Å²) in [7, 11) is 0. The van der Waals surface area contributed by atoms with Crippen LogP contribution < -0.4 is 0 Å². The summed E-state index contributed by atoms with van der Waals surface area (Å²) in [6, 6.07) is 41.6. The first-order valence-corrected chi connectivity index (χ1v) is 13.5. The van der Waals surface area contributed by atoms with Crippen LogP contribution in [0.5, 0.6) is 0 Å². The number of fused-ring (bicyclic) bond motifs is 7. The van der Waals surface area contributed by atoms with Crippen molar-refractivity contribution >= 4 is 21.5 Å². The highest BCUT2D eigenvalue weighted by atomic mass is 14.4. The summed E-state index contributed by atoms with van der Waals surface area (Å²) >= 11 is 0. The topological polar surface area (TPSA) is 71.4 Å². The van der Waals surface area contributed by atoms with E-state index < -0.39 is 0 Å². The fraction of sp³-hybridized carbons (Fsp3) is 0.0789. The van der Waals surface area contributed by atoms with E-state index in [-0.39, 0.29) is 5.41 Å². The van der Waals surface area contributed by atoms with Crippen LogP contribution in [0.2, 0.25) is 0 Å². The fourth-order valence-corrected chi connectivity index (χ4v) is 6.56. The molecule has 6 aromatic carbocycles. The Kier molecular flexibility index (Phi) is 5.30. The minimum Gasteiger partial charge on any atom is -0.192 e. The Morgan fingerprint density at radius 3 is 1.56 bits per heavy atom. The van der Waals surface area contributed by atoms with Gasteiger partial charge in [-0.1, -0.05) is 80.6 Å². The molecule has 0 N–H and O–H groups in total. The van der Waals surface area contributed by atoms with Crippen molar-refractivity contribution in [1.82, 2.24) is 0 Å². The van der Waals surface area contributed by atoms with Crippen LogP contribution in [0.25, 0.3) is 54.9 Å². The quantitative estimate of drug-likeness (QED) is 0.228. The van der Waals surface area contributed by atoms with E-state index in [0.29, 0.717) is 16.7 Å². The average molecular weight is 522 g/mol. The average Bonchev–Trinajstić information content (AvgIpc) is 3.26. The van der Waals surface area contributed by atoms with Gasteiger partial charge in [-0.15, -0.1) is 0 Å². The molecule has 0 saturated carbocycles. The molecule has 3 nitrogen and oxygen atoms in total. The van der Waals surface area contributed by atoms with Crippen LogP contribution in [0.4, 0.5) is 0 Å². The van der Waals surface area contributed by atoms with Gasteiger partial charge < -0.3 is 0 Å². The van der Waals surface area contributed by atoms with Crippen molar-refractivity contribution in [1.29, 1.82) is 15.8 Å². The Bertz CT molecular complexity index is 2220. The van der Waals surface area contributed by atoms with Crippen molar-refractivity contribution in [2.75, 3.05) is 0 Å². The molecule has 0 bridgehead atoms. The van der Waals surface area contributed by atoms with Gasteiger partial charge in [-0.25, -0.2) is 0 Å². The SMILES string of the molecule is CC1(C)c2cc(-c3cccc(C#N)c3)c3ccccc3c2-c2c1cc(-c1ccc(C#N)c(C#N)c1)c1ccccc21. The summed E-state index contributed by atoms with van der Waals surface area (Å²) in [5.74, 6) is 0. The van der Waals surface area contributed by atoms with Crippen LogP contribution in [-0.2, 0) is 5.41 Å². The first kappa shape index (κ1) is 24.4. The maximum absolute atomic E-state index is 9.73. The molecule has 0 aromatic heterocycles. The molecule has 0 fully saturated rings. The first-order chi connectivity index (χ1) is 20.0. The highest BCUT2D eigenvalue weighted by molar-refractivity contribution is 6.16. The van der Waals surface area contributed by atoms with Gasteiger partial charge in [0.1, 0.15) is 12.1 Å². The second kappa shape index (κ2) is 8.93. The number of nitrogens with zero attached hydrogens (tertiary/aromatic N) is 3. The molecule has 190 valence electrons. The third kappa shape index (κ3) is 3.49. The second-order valence-electron chi connectivity index (χ2n) is 11.1. The lowest BCUT2D eigenvalue weighted by atomic mass is 9.79. The van der Waals surface area contributed by atoms with E-state index in [1.54, 1.807) is 6.07 Å². The molecule has 41 heavy (non-hydrogen) atoms. The van der Waals surface area contributed by atoms with E-state index in [1.807, 2.05) is 30.3 Å². The van der Waals surface area contributed by atoms with E-state index in [0.717, 1.165) is 33.0 Å². The van der Waals surface area contributed by atoms with Gasteiger partial charge in [-0.3, -0.25) is 0 Å². The first-order valence-electron chi connectivity index (χ1n) is 13.5. The minimum absolute atomic E-state index is 0.306. The smallest absolute Gasteiger partial charge is 0.101 e. The van der Waals surface area contributed by atoms with Gasteiger partial charge in [0.2, 0.25) is 0 Å². The van der Waals surface area contributed by atoms with Gasteiger partial charge >= 0.3 is 0 Å². The zero-order chi connectivity index (χ0) is 28.3. The summed E-state index contributed by atoms with van der Waals surface area (Å²) in [5.41, 5.74) is 10.2. The lowest BCUT2D eigenvalue weighted by Crippen LogP contribution is -2.15. The molecule has 0 aliphatic heterocycles. The Morgan fingerprint density at radius 1 is 0.488 bits per heavy atom. The molecule has 0 radical (unpaired) electrons. The van der Waals surface area contributed by atoms with E-state index in [2.05, 4.69) is 98.8 Å². The second-order valence-corrected chi connectivity index (χ2v) is 11.1. The van der Waals surface area contributed by atoms with Crippen molar-refractivity contribution in [2.24, 2.45) is 0 Å². The predicted octanol–water partition coefficient (Wildman–Crippen LogP) is 9.25. The van der Waals surface area contributed by atoms with Gasteiger partial charge in [0.25, 0.3) is 0 Å². The van der Waals surface area contributed by atoms with Gasteiger partial charge in [-0.2, -0.15) is 15.8 Å². The van der Waals surface area contributed by atoms with Crippen molar-refractivity contribution in [3.05, 3.63) is 131 Å². The molecule has 6 aromatic rings. The highest BCUT2D eigenvalue weighted by Crippen LogP contribution is 2.56. The Hall–Kier alpha value is -5.69. The van der Waals surface area contributed by atoms with Gasteiger partial charge in [-0.05, 0) is 102 Å². The van der Waals surface area contributed by atoms with Crippen molar-refractivity contribution in [2.45, 2.75) is 19.3 Å². The van der Waals surface area contributed by atoms with E-state index in [9.17, 15) is 15.8 Å².